The average Bonchev–Trinajstić information content (AvgIpc) is 3.01. The molecule has 1 aliphatic heterocycles. The average molecular weight is 388 g/mol. The van der Waals surface area contributed by atoms with Crippen molar-refractivity contribution in [2.45, 2.75) is 45.6 Å². The molecule has 1 unspecified atom stereocenters. The van der Waals surface area contributed by atoms with Gasteiger partial charge in [-0.25, -0.2) is 0 Å². The van der Waals surface area contributed by atoms with E-state index in [1.165, 1.54) is 0 Å². The van der Waals surface area contributed by atoms with E-state index < -0.39 is 0 Å². The number of carbonyl (C=O) groups excluding carboxylic acids is 1. The van der Waals surface area contributed by atoms with Crippen molar-refractivity contribution in [3.05, 3.63) is 40.4 Å². The molecule has 2 aromatic rings. The number of hydrogen-bond acceptors (Lipinski definition) is 4. The van der Waals surface area contributed by atoms with Crippen LogP contribution in [-0.2, 0) is 7.05 Å². The van der Waals surface area contributed by atoms with Gasteiger partial charge in [0.1, 0.15) is 5.82 Å². The second-order valence-corrected chi connectivity index (χ2v) is 7.85. The number of anilines is 1. The van der Waals surface area contributed by atoms with Crippen LogP contribution in [0.4, 0.5) is 5.69 Å². The van der Waals surface area contributed by atoms with Gasteiger partial charge in [-0.15, -0.1) is 0 Å². The molecule has 1 saturated heterocycles. The van der Waals surface area contributed by atoms with E-state index in [4.69, 9.17) is 12.2 Å². The second kappa shape index (κ2) is 8.25. The molecule has 1 fully saturated rings. The lowest BCUT2D eigenvalue weighted by Crippen LogP contribution is -2.39. The van der Waals surface area contributed by atoms with Gasteiger partial charge in [-0.2, -0.15) is 5.10 Å². The summed E-state index contributed by atoms with van der Waals surface area (Å²) in [6.07, 6.45) is 2.00. The van der Waals surface area contributed by atoms with E-state index in [0.717, 1.165) is 43.0 Å². The number of rotatable bonds is 5. The molecule has 1 amide bonds. The Morgan fingerprint density at radius 1 is 1.37 bits per heavy atom. The Hall–Kier alpha value is -2.15. The van der Waals surface area contributed by atoms with Crippen LogP contribution in [0.15, 0.2) is 24.3 Å². The Bertz CT molecular complexity index is 839. The van der Waals surface area contributed by atoms with E-state index in [1.807, 2.05) is 28.6 Å². The van der Waals surface area contributed by atoms with Crippen molar-refractivity contribution in [3.8, 4) is 0 Å². The zero-order chi connectivity index (χ0) is 19.6. The zero-order valence-electron chi connectivity index (χ0n) is 16.6. The van der Waals surface area contributed by atoms with Crippen LogP contribution in [0.25, 0.3) is 0 Å². The van der Waals surface area contributed by atoms with Gasteiger partial charge >= 0.3 is 0 Å². The smallest absolute Gasteiger partial charge is 0.253 e. The van der Waals surface area contributed by atoms with Gasteiger partial charge in [0.05, 0.1) is 0 Å². The Morgan fingerprint density at radius 2 is 2.07 bits per heavy atom. The Kier molecular flexibility index (Phi) is 5.99. The molecule has 1 aliphatic rings. The highest BCUT2D eigenvalue weighted by Gasteiger charge is 2.28. The van der Waals surface area contributed by atoms with Crippen molar-refractivity contribution >= 4 is 23.8 Å². The van der Waals surface area contributed by atoms with E-state index in [2.05, 4.69) is 48.0 Å². The molecule has 0 aliphatic carbocycles. The molecule has 0 bridgehead atoms. The molecule has 27 heavy (non-hydrogen) atoms. The number of H-pyrrole nitrogens is 1. The third-order valence-corrected chi connectivity index (χ3v) is 5.76. The van der Waals surface area contributed by atoms with E-state index >= 15 is 0 Å². The SMILES string of the molecule is CCN(c1ccc(C(=O)N2CCCC(c3n[nH]c(=S)n3C)C2)cc1)C(C)C. The topological polar surface area (TPSA) is 57.2 Å². The number of piperidine rings is 1. The molecule has 6 nitrogen and oxygen atoms in total. The van der Waals surface area contributed by atoms with Gasteiger partial charge < -0.3 is 14.4 Å². The number of carbonyl (C=O) groups is 1. The molecular weight excluding hydrogens is 358 g/mol. The molecule has 0 radical (unpaired) electrons. The van der Waals surface area contributed by atoms with Crippen LogP contribution in [0.1, 0.15) is 55.7 Å². The van der Waals surface area contributed by atoms with E-state index in [9.17, 15) is 4.79 Å². The molecule has 146 valence electrons. The number of amides is 1. The van der Waals surface area contributed by atoms with Gasteiger partial charge in [0.25, 0.3) is 5.91 Å². The summed E-state index contributed by atoms with van der Waals surface area (Å²) in [5, 5.41) is 7.21. The van der Waals surface area contributed by atoms with Crippen LogP contribution in [-0.4, -0.2) is 51.2 Å². The summed E-state index contributed by atoms with van der Waals surface area (Å²) in [4.78, 5) is 17.3. The van der Waals surface area contributed by atoms with Crippen LogP contribution in [0.3, 0.4) is 0 Å². The first-order valence-electron chi connectivity index (χ1n) is 9.69. The lowest BCUT2D eigenvalue weighted by atomic mass is 9.96. The predicted molar refractivity (Wildman–Crippen MR) is 111 cm³/mol. The summed E-state index contributed by atoms with van der Waals surface area (Å²) in [6.45, 7) is 8.93. The van der Waals surface area contributed by atoms with Crippen LogP contribution in [0.2, 0.25) is 0 Å². The van der Waals surface area contributed by atoms with Crippen molar-refractivity contribution in [1.82, 2.24) is 19.7 Å². The number of nitrogens with zero attached hydrogens (tertiary/aromatic N) is 4. The fraction of sp³-hybridized carbons (Fsp3) is 0.550. The molecule has 1 aromatic carbocycles. The third-order valence-electron chi connectivity index (χ3n) is 5.40. The molecule has 7 heteroatoms. The number of likely N-dealkylation sites (tertiary alicyclic amines) is 1. The van der Waals surface area contributed by atoms with Gasteiger partial charge in [-0.05, 0) is 70.1 Å². The Morgan fingerprint density at radius 3 is 2.63 bits per heavy atom. The minimum atomic E-state index is 0.0932. The standard InChI is InChI=1S/C20H29N5OS/c1-5-25(14(2)3)17-10-8-15(9-11-17)19(26)24-12-6-7-16(13-24)18-21-22-20(27)23(18)4/h8-11,14,16H,5-7,12-13H2,1-4H3,(H,22,27). The van der Waals surface area contributed by atoms with Crippen LogP contribution < -0.4 is 4.90 Å². The number of hydrogen-bond donors (Lipinski definition) is 1. The monoisotopic (exact) mass is 387 g/mol. The van der Waals surface area contributed by atoms with E-state index in [1.54, 1.807) is 0 Å². The maximum absolute atomic E-state index is 13.0. The van der Waals surface area contributed by atoms with E-state index in [0.29, 0.717) is 17.4 Å². The fourth-order valence-corrected chi connectivity index (χ4v) is 4.06. The molecule has 0 spiro atoms. The highest BCUT2D eigenvalue weighted by atomic mass is 32.1. The lowest BCUT2D eigenvalue weighted by Gasteiger charge is -2.32. The van der Waals surface area contributed by atoms with Crippen LogP contribution >= 0.6 is 12.2 Å². The molecule has 0 saturated carbocycles. The third kappa shape index (κ3) is 4.08. The molecular formula is C20H29N5OS. The quantitative estimate of drug-likeness (QED) is 0.794. The summed E-state index contributed by atoms with van der Waals surface area (Å²) in [5.41, 5.74) is 1.90. The number of aromatic nitrogens is 3. The van der Waals surface area contributed by atoms with Crippen molar-refractivity contribution in [2.24, 2.45) is 7.05 Å². The molecule has 3 rings (SSSR count). The predicted octanol–water partition coefficient (Wildman–Crippen LogP) is 3.73. The fourth-order valence-electron chi connectivity index (χ4n) is 3.92. The largest absolute Gasteiger partial charge is 0.369 e. The molecule has 2 heterocycles. The highest BCUT2D eigenvalue weighted by Crippen LogP contribution is 2.27. The minimum Gasteiger partial charge on any atom is -0.369 e. The summed E-state index contributed by atoms with van der Waals surface area (Å²) >= 11 is 5.22. The normalized spacial score (nSPS) is 17.4. The molecule has 1 aromatic heterocycles. The van der Waals surface area contributed by atoms with Crippen LogP contribution in [0, 0.1) is 4.77 Å². The zero-order valence-corrected chi connectivity index (χ0v) is 17.4. The number of benzene rings is 1. The van der Waals surface area contributed by atoms with Gasteiger partial charge in [0.15, 0.2) is 4.77 Å². The van der Waals surface area contributed by atoms with Crippen LogP contribution in [0.5, 0.6) is 0 Å². The maximum atomic E-state index is 13.0. The van der Waals surface area contributed by atoms with Gasteiger partial charge in [-0.3, -0.25) is 9.89 Å². The van der Waals surface area contributed by atoms with Gasteiger partial charge in [0.2, 0.25) is 0 Å². The maximum Gasteiger partial charge on any atom is 0.253 e. The lowest BCUT2D eigenvalue weighted by molar-refractivity contribution is 0.0703. The highest BCUT2D eigenvalue weighted by molar-refractivity contribution is 7.71. The van der Waals surface area contributed by atoms with Gasteiger partial charge in [-0.1, -0.05) is 0 Å². The first kappa shape index (κ1) is 19.6. The summed E-state index contributed by atoms with van der Waals surface area (Å²) < 4.78 is 2.53. The molecule has 1 N–H and O–H groups in total. The van der Waals surface area contributed by atoms with Crippen molar-refractivity contribution < 1.29 is 4.79 Å². The molecule has 1 atom stereocenters. The summed E-state index contributed by atoms with van der Waals surface area (Å²) in [7, 11) is 1.93. The number of nitrogens with one attached hydrogen (secondary N) is 1. The first-order chi connectivity index (χ1) is 12.9. The Labute approximate surface area is 166 Å². The van der Waals surface area contributed by atoms with E-state index in [-0.39, 0.29) is 11.8 Å². The summed E-state index contributed by atoms with van der Waals surface area (Å²) in [6, 6.07) is 8.43. The van der Waals surface area contributed by atoms with Gasteiger partial charge in [0, 0.05) is 49.9 Å². The number of aromatic amines is 1. The van der Waals surface area contributed by atoms with Crippen molar-refractivity contribution in [2.75, 3.05) is 24.5 Å². The van der Waals surface area contributed by atoms with Crippen molar-refractivity contribution in [3.63, 3.8) is 0 Å². The minimum absolute atomic E-state index is 0.0932. The van der Waals surface area contributed by atoms with Crippen molar-refractivity contribution in [1.29, 1.82) is 0 Å². The second-order valence-electron chi connectivity index (χ2n) is 7.46. The Balaban J connectivity index is 1.73. The summed E-state index contributed by atoms with van der Waals surface area (Å²) in [5.74, 6) is 1.25. The first-order valence-corrected chi connectivity index (χ1v) is 10.1.